The van der Waals surface area contributed by atoms with Gasteiger partial charge in [0.2, 0.25) is 0 Å². The third-order valence-corrected chi connectivity index (χ3v) is 3.58. The van der Waals surface area contributed by atoms with E-state index < -0.39 is 11.4 Å². The summed E-state index contributed by atoms with van der Waals surface area (Å²) in [6, 6.07) is 6.13. The topological polar surface area (TPSA) is 26.3 Å². The van der Waals surface area contributed by atoms with E-state index >= 15 is 0 Å². The van der Waals surface area contributed by atoms with Gasteiger partial charge in [0, 0.05) is 7.11 Å². The van der Waals surface area contributed by atoms with Crippen molar-refractivity contribution in [1.82, 2.24) is 0 Å². The van der Waals surface area contributed by atoms with E-state index in [9.17, 15) is 9.18 Å². The van der Waals surface area contributed by atoms with Gasteiger partial charge in [-0.05, 0) is 25.0 Å². The molecule has 0 atom stereocenters. The molecule has 0 radical (unpaired) electrons. The number of hydrogen-bond donors (Lipinski definition) is 0. The van der Waals surface area contributed by atoms with Gasteiger partial charge < -0.3 is 4.74 Å². The first-order chi connectivity index (χ1) is 8.19. The van der Waals surface area contributed by atoms with Gasteiger partial charge in [0.25, 0.3) is 0 Å². The molecule has 0 amide bonds. The molecule has 0 bridgehead atoms. The van der Waals surface area contributed by atoms with Crippen molar-refractivity contribution in [2.45, 2.75) is 37.7 Å². The summed E-state index contributed by atoms with van der Waals surface area (Å²) in [5, 5.41) is 0. The van der Waals surface area contributed by atoms with Gasteiger partial charge in [0.05, 0.1) is 5.56 Å². The van der Waals surface area contributed by atoms with Crippen molar-refractivity contribution in [1.29, 1.82) is 0 Å². The van der Waals surface area contributed by atoms with Crippen LogP contribution in [0.4, 0.5) is 4.39 Å². The van der Waals surface area contributed by atoms with Crippen molar-refractivity contribution in [3.8, 4) is 0 Å². The predicted molar refractivity (Wildman–Crippen MR) is 63.6 cm³/mol. The van der Waals surface area contributed by atoms with Crippen LogP contribution in [0, 0.1) is 5.82 Å². The quantitative estimate of drug-likeness (QED) is 0.752. The number of benzene rings is 1. The van der Waals surface area contributed by atoms with Crippen molar-refractivity contribution in [3.05, 3.63) is 35.6 Å². The molecule has 1 saturated carbocycles. The Morgan fingerprint density at radius 1 is 1.24 bits per heavy atom. The summed E-state index contributed by atoms with van der Waals surface area (Å²) >= 11 is 0. The molecule has 0 aliphatic heterocycles. The maximum atomic E-state index is 13.6. The van der Waals surface area contributed by atoms with E-state index in [4.69, 9.17) is 4.74 Å². The fraction of sp³-hybridized carbons (Fsp3) is 0.500. The lowest BCUT2D eigenvalue weighted by Gasteiger charge is -2.34. The Balaban J connectivity index is 2.32. The predicted octanol–water partition coefficient (Wildman–Crippen LogP) is 3.36. The Hall–Kier alpha value is -1.22. The maximum absolute atomic E-state index is 13.6. The second-order valence-corrected chi connectivity index (χ2v) is 4.57. The van der Waals surface area contributed by atoms with E-state index in [1.54, 1.807) is 19.2 Å². The van der Waals surface area contributed by atoms with Crippen LogP contribution in [0.25, 0.3) is 0 Å². The first kappa shape index (κ1) is 12.2. The Kier molecular flexibility index (Phi) is 3.57. The van der Waals surface area contributed by atoms with Crippen LogP contribution in [0.15, 0.2) is 24.3 Å². The van der Waals surface area contributed by atoms with Crippen LogP contribution in [0.3, 0.4) is 0 Å². The normalized spacial score (nSPS) is 18.9. The molecule has 17 heavy (non-hydrogen) atoms. The van der Waals surface area contributed by atoms with Crippen molar-refractivity contribution in [3.63, 3.8) is 0 Å². The molecule has 0 heterocycles. The number of ether oxygens (including phenoxy) is 1. The smallest absolute Gasteiger partial charge is 0.197 e. The minimum absolute atomic E-state index is 0.149. The van der Waals surface area contributed by atoms with E-state index in [0.29, 0.717) is 12.8 Å². The zero-order valence-corrected chi connectivity index (χ0v) is 10.0. The molecule has 0 saturated heterocycles. The standard InChI is InChI=1S/C14H17FO2/c1-17-14(9-5-2-6-10-14)13(16)11-7-3-4-8-12(11)15/h3-4,7-8H,2,5-6,9-10H2,1H3. The first-order valence-electron chi connectivity index (χ1n) is 6.04. The molecule has 92 valence electrons. The number of ketones is 1. The number of rotatable bonds is 3. The summed E-state index contributed by atoms with van der Waals surface area (Å²) in [4.78, 5) is 12.4. The monoisotopic (exact) mass is 236 g/mol. The highest BCUT2D eigenvalue weighted by Crippen LogP contribution is 2.34. The van der Waals surface area contributed by atoms with Gasteiger partial charge in [-0.15, -0.1) is 0 Å². The maximum Gasteiger partial charge on any atom is 0.197 e. The van der Waals surface area contributed by atoms with Crippen LogP contribution in [-0.4, -0.2) is 18.5 Å². The van der Waals surface area contributed by atoms with Gasteiger partial charge in [-0.25, -0.2) is 4.39 Å². The molecular formula is C14H17FO2. The van der Waals surface area contributed by atoms with E-state index in [0.717, 1.165) is 19.3 Å². The molecule has 0 unspecified atom stereocenters. The zero-order chi connectivity index (χ0) is 12.3. The number of carbonyl (C=O) groups excluding carboxylic acids is 1. The van der Waals surface area contributed by atoms with Gasteiger partial charge in [-0.3, -0.25) is 4.79 Å². The third-order valence-electron chi connectivity index (χ3n) is 3.58. The van der Waals surface area contributed by atoms with Crippen LogP contribution in [0.5, 0.6) is 0 Å². The fourth-order valence-electron chi connectivity index (χ4n) is 2.54. The van der Waals surface area contributed by atoms with Crippen LogP contribution in [0.1, 0.15) is 42.5 Å². The molecule has 1 aliphatic rings. The highest BCUT2D eigenvalue weighted by molar-refractivity contribution is 6.02. The molecule has 1 aliphatic carbocycles. The van der Waals surface area contributed by atoms with Gasteiger partial charge >= 0.3 is 0 Å². The number of hydrogen-bond acceptors (Lipinski definition) is 2. The lowest BCUT2D eigenvalue weighted by atomic mass is 9.79. The van der Waals surface area contributed by atoms with Crippen molar-refractivity contribution >= 4 is 5.78 Å². The van der Waals surface area contributed by atoms with Gasteiger partial charge in [-0.1, -0.05) is 31.4 Å². The summed E-state index contributed by atoms with van der Waals surface area (Å²) in [6.07, 6.45) is 4.44. The van der Waals surface area contributed by atoms with Crippen LogP contribution in [-0.2, 0) is 4.74 Å². The second kappa shape index (κ2) is 4.96. The van der Waals surface area contributed by atoms with Gasteiger partial charge in [0.15, 0.2) is 5.78 Å². The number of carbonyl (C=O) groups is 1. The molecular weight excluding hydrogens is 219 g/mol. The van der Waals surface area contributed by atoms with E-state index in [-0.39, 0.29) is 11.3 Å². The van der Waals surface area contributed by atoms with E-state index in [1.807, 2.05) is 0 Å². The molecule has 0 aromatic heterocycles. The molecule has 1 aromatic carbocycles. The van der Waals surface area contributed by atoms with Gasteiger partial charge in [0.1, 0.15) is 11.4 Å². The van der Waals surface area contributed by atoms with E-state index in [2.05, 4.69) is 0 Å². The SMILES string of the molecule is COC1(C(=O)c2ccccc2F)CCCCC1. The number of Topliss-reactive ketones (excluding diaryl/α,β-unsaturated/α-hetero) is 1. The lowest BCUT2D eigenvalue weighted by Crippen LogP contribution is -2.42. The van der Waals surface area contributed by atoms with Gasteiger partial charge in [-0.2, -0.15) is 0 Å². The highest BCUT2D eigenvalue weighted by Gasteiger charge is 2.40. The molecule has 2 nitrogen and oxygen atoms in total. The average Bonchev–Trinajstić information content (AvgIpc) is 2.39. The van der Waals surface area contributed by atoms with E-state index in [1.165, 1.54) is 12.1 Å². The molecule has 2 rings (SSSR count). The molecule has 0 N–H and O–H groups in total. The van der Waals surface area contributed by atoms with Crippen LogP contribution in [0.2, 0.25) is 0 Å². The van der Waals surface area contributed by atoms with Crippen molar-refractivity contribution < 1.29 is 13.9 Å². The summed E-state index contributed by atoms with van der Waals surface area (Å²) in [6.45, 7) is 0. The second-order valence-electron chi connectivity index (χ2n) is 4.57. The highest BCUT2D eigenvalue weighted by atomic mass is 19.1. The molecule has 1 aromatic rings. The Morgan fingerprint density at radius 3 is 2.47 bits per heavy atom. The summed E-state index contributed by atoms with van der Waals surface area (Å²) < 4.78 is 19.1. The summed E-state index contributed by atoms with van der Waals surface area (Å²) in [5.41, 5.74) is -0.656. The van der Waals surface area contributed by atoms with Crippen LogP contribution < -0.4 is 0 Å². The molecule has 0 spiro atoms. The van der Waals surface area contributed by atoms with Crippen LogP contribution >= 0.6 is 0 Å². The van der Waals surface area contributed by atoms with Crippen molar-refractivity contribution in [2.75, 3.05) is 7.11 Å². The Bertz CT molecular complexity index is 408. The summed E-state index contributed by atoms with van der Waals surface area (Å²) in [5.74, 6) is -0.669. The van der Waals surface area contributed by atoms with Crippen molar-refractivity contribution in [2.24, 2.45) is 0 Å². The number of halogens is 1. The summed E-state index contributed by atoms with van der Waals surface area (Å²) in [7, 11) is 1.55. The first-order valence-corrected chi connectivity index (χ1v) is 6.04. The third kappa shape index (κ3) is 2.25. The zero-order valence-electron chi connectivity index (χ0n) is 10.0. The minimum atomic E-state index is -0.805. The Morgan fingerprint density at radius 2 is 1.88 bits per heavy atom. The molecule has 1 fully saturated rings. The lowest BCUT2D eigenvalue weighted by molar-refractivity contribution is -0.0196. The largest absolute Gasteiger partial charge is 0.370 e. The molecule has 3 heteroatoms. The Labute approximate surface area is 101 Å². The average molecular weight is 236 g/mol. The fourth-order valence-corrected chi connectivity index (χ4v) is 2.54. The minimum Gasteiger partial charge on any atom is -0.370 e. The number of methoxy groups -OCH3 is 1.